The molecule has 2 rings (SSSR count). The number of aryl methyl sites for hydroxylation is 1. The predicted octanol–water partition coefficient (Wildman–Crippen LogP) is 2.35. The van der Waals surface area contributed by atoms with E-state index in [2.05, 4.69) is 10.3 Å². The Morgan fingerprint density at radius 2 is 2.11 bits per heavy atom. The summed E-state index contributed by atoms with van der Waals surface area (Å²) in [6, 6.07) is 9.78. The maximum atomic E-state index is 11.7. The third-order valence-electron chi connectivity index (χ3n) is 2.57. The Hall–Kier alpha value is -1.68. The van der Waals surface area contributed by atoms with Gasteiger partial charge in [-0.25, -0.2) is 4.98 Å². The topological polar surface area (TPSA) is 42.0 Å². The Kier molecular flexibility index (Phi) is 4.47. The Morgan fingerprint density at radius 3 is 2.78 bits per heavy atom. The molecule has 0 saturated heterocycles. The first-order valence-corrected chi connectivity index (χ1v) is 6.77. The minimum absolute atomic E-state index is 0.0717. The van der Waals surface area contributed by atoms with Crippen LogP contribution in [-0.2, 0) is 17.6 Å². The summed E-state index contributed by atoms with van der Waals surface area (Å²) in [6.45, 7) is 2.66. The Bertz CT molecular complexity index is 508. The molecule has 1 aromatic heterocycles. The fraction of sp³-hybridized carbons (Fsp3) is 0.286. The summed E-state index contributed by atoms with van der Waals surface area (Å²) < 4.78 is 0. The second-order valence-electron chi connectivity index (χ2n) is 4.11. The highest BCUT2D eigenvalue weighted by Gasteiger charge is 2.03. The Balaban J connectivity index is 1.72. The van der Waals surface area contributed by atoms with E-state index in [-0.39, 0.29) is 5.91 Å². The minimum atomic E-state index is 0.0717. The number of rotatable bonds is 5. The average molecular weight is 260 g/mol. The molecule has 0 radical (unpaired) electrons. The van der Waals surface area contributed by atoms with Gasteiger partial charge in [0.2, 0.25) is 5.91 Å². The van der Waals surface area contributed by atoms with E-state index >= 15 is 0 Å². The van der Waals surface area contributed by atoms with Gasteiger partial charge in [-0.2, -0.15) is 0 Å². The molecule has 1 N–H and O–H groups in total. The van der Waals surface area contributed by atoms with E-state index in [4.69, 9.17) is 0 Å². The summed E-state index contributed by atoms with van der Waals surface area (Å²) in [5.41, 5.74) is 1.05. The average Bonchev–Trinajstić information content (AvgIpc) is 2.76. The molecule has 94 valence electrons. The molecule has 2 aromatic rings. The van der Waals surface area contributed by atoms with E-state index in [0.29, 0.717) is 13.0 Å². The van der Waals surface area contributed by atoms with E-state index in [1.165, 1.54) is 4.88 Å². The van der Waals surface area contributed by atoms with Gasteiger partial charge in [0.15, 0.2) is 0 Å². The molecule has 0 aliphatic rings. The number of amides is 1. The van der Waals surface area contributed by atoms with Crippen LogP contribution in [0.15, 0.2) is 36.5 Å². The maximum absolute atomic E-state index is 11.7. The van der Waals surface area contributed by atoms with E-state index in [1.807, 2.05) is 43.5 Å². The van der Waals surface area contributed by atoms with Crippen molar-refractivity contribution in [3.8, 4) is 0 Å². The van der Waals surface area contributed by atoms with Crippen molar-refractivity contribution in [2.45, 2.75) is 19.8 Å². The van der Waals surface area contributed by atoms with Gasteiger partial charge >= 0.3 is 0 Å². The molecule has 0 atom stereocenters. The lowest BCUT2D eigenvalue weighted by molar-refractivity contribution is -0.120. The van der Waals surface area contributed by atoms with Crippen molar-refractivity contribution in [2.24, 2.45) is 0 Å². The molecule has 0 aliphatic carbocycles. The number of aromatic nitrogens is 1. The number of carbonyl (C=O) groups excluding carboxylic acids is 1. The quantitative estimate of drug-likeness (QED) is 0.896. The van der Waals surface area contributed by atoms with Crippen LogP contribution < -0.4 is 5.32 Å². The van der Waals surface area contributed by atoms with Crippen molar-refractivity contribution < 1.29 is 4.79 Å². The van der Waals surface area contributed by atoms with Crippen LogP contribution in [-0.4, -0.2) is 17.4 Å². The van der Waals surface area contributed by atoms with Crippen LogP contribution in [0, 0.1) is 6.92 Å². The Morgan fingerprint density at radius 1 is 1.33 bits per heavy atom. The van der Waals surface area contributed by atoms with E-state index in [9.17, 15) is 4.79 Å². The smallest absolute Gasteiger partial charge is 0.224 e. The molecule has 1 aromatic carbocycles. The second kappa shape index (κ2) is 6.31. The van der Waals surface area contributed by atoms with Gasteiger partial charge < -0.3 is 5.32 Å². The highest BCUT2D eigenvalue weighted by molar-refractivity contribution is 7.11. The van der Waals surface area contributed by atoms with Crippen LogP contribution >= 0.6 is 11.3 Å². The fourth-order valence-corrected chi connectivity index (χ4v) is 2.48. The molecule has 0 aliphatic heterocycles. The van der Waals surface area contributed by atoms with Gasteiger partial charge in [0.05, 0.1) is 11.4 Å². The maximum Gasteiger partial charge on any atom is 0.224 e. The molecule has 0 bridgehead atoms. The Labute approximate surface area is 111 Å². The van der Waals surface area contributed by atoms with Gasteiger partial charge in [0.1, 0.15) is 0 Å². The third kappa shape index (κ3) is 3.96. The van der Waals surface area contributed by atoms with Crippen molar-refractivity contribution in [1.82, 2.24) is 10.3 Å². The number of benzene rings is 1. The predicted molar refractivity (Wildman–Crippen MR) is 73.7 cm³/mol. The first kappa shape index (κ1) is 12.8. The number of carbonyl (C=O) groups is 1. The number of nitrogens with zero attached hydrogens (tertiary/aromatic N) is 1. The molecule has 4 heteroatoms. The number of hydrogen-bond donors (Lipinski definition) is 1. The SMILES string of the molecule is Cc1ncc(CCNC(=O)Cc2ccccc2)s1. The molecular formula is C14H16N2OS. The molecule has 0 fully saturated rings. The van der Waals surface area contributed by atoms with Crippen molar-refractivity contribution >= 4 is 17.2 Å². The summed E-state index contributed by atoms with van der Waals surface area (Å²) >= 11 is 1.68. The standard InChI is InChI=1S/C14H16N2OS/c1-11-16-10-13(18-11)7-8-15-14(17)9-12-5-3-2-4-6-12/h2-6,10H,7-9H2,1H3,(H,15,17). The highest BCUT2D eigenvalue weighted by atomic mass is 32.1. The van der Waals surface area contributed by atoms with Crippen molar-refractivity contribution in [2.75, 3.05) is 6.54 Å². The molecule has 3 nitrogen and oxygen atoms in total. The zero-order valence-corrected chi connectivity index (χ0v) is 11.2. The summed E-state index contributed by atoms with van der Waals surface area (Å²) in [5, 5.41) is 4.00. The lowest BCUT2D eigenvalue weighted by Gasteiger charge is -2.04. The molecule has 0 unspecified atom stereocenters. The van der Waals surface area contributed by atoms with E-state index < -0.39 is 0 Å². The van der Waals surface area contributed by atoms with Gasteiger partial charge in [0.25, 0.3) is 0 Å². The number of thiazole rings is 1. The van der Waals surface area contributed by atoms with Crippen LogP contribution in [0.4, 0.5) is 0 Å². The lowest BCUT2D eigenvalue weighted by Crippen LogP contribution is -2.27. The summed E-state index contributed by atoms with van der Waals surface area (Å²) in [5.74, 6) is 0.0717. The molecule has 0 saturated carbocycles. The zero-order valence-electron chi connectivity index (χ0n) is 10.3. The summed E-state index contributed by atoms with van der Waals surface area (Å²) in [6.07, 6.45) is 3.18. The normalized spacial score (nSPS) is 10.3. The monoisotopic (exact) mass is 260 g/mol. The van der Waals surface area contributed by atoms with Crippen LogP contribution in [0.5, 0.6) is 0 Å². The van der Waals surface area contributed by atoms with Crippen LogP contribution in [0.2, 0.25) is 0 Å². The molecule has 0 spiro atoms. The zero-order chi connectivity index (χ0) is 12.8. The van der Waals surface area contributed by atoms with Gasteiger partial charge in [-0.1, -0.05) is 30.3 Å². The van der Waals surface area contributed by atoms with Crippen molar-refractivity contribution in [3.63, 3.8) is 0 Å². The largest absolute Gasteiger partial charge is 0.355 e. The summed E-state index contributed by atoms with van der Waals surface area (Å²) in [7, 11) is 0. The molecule has 1 heterocycles. The highest BCUT2D eigenvalue weighted by Crippen LogP contribution is 2.11. The third-order valence-corrected chi connectivity index (χ3v) is 3.54. The first-order valence-electron chi connectivity index (χ1n) is 5.96. The van der Waals surface area contributed by atoms with Crippen molar-refractivity contribution in [3.05, 3.63) is 52.0 Å². The van der Waals surface area contributed by atoms with Gasteiger partial charge in [-0.15, -0.1) is 11.3 Å². The van der Waals surface area contributed by atoms with E-state index in [0.717, 1.165) is 17.0 Å². The number of hydrogen-bond acceptors (Lipinski definition) is 3. The van der Waals surface area contributed by atoms with E-state index in [1.54, 1.807) is 11.3 Å². The van der Waals surface area contributed by atoms with Crippen molar-refractivity contribution in [1.29, 1.82) is 0 Å². The molecule has 18 heavy (non-hydrogen) atoms. The van der Waals surface area contributed by atoms with Crippen LogP contribution in [0.1, 0.15) is 15.4 Å². The number of nitrogens with one attached hydrogen (secondary N) is 1. The van der Waals surface area contributed by atoms with Gasteiger partial charge in [0, 0.05) is 24.0 Å². The molecular weight excluding hydrogens is 244 g/mol. The molecule has 1 amide bonds. The second-order valence-corrected chi connectivity index (χ2v) is 5.43. The van der Waals surface area contributed by atoms with Crippen LogP contribution in [0.3, 0.4) is 0 Å². The van der Waals surface area contributed by atoms with Gasteiger partial charge in [-0.05, 0) is 12.5 Å². The van der Waals surface area contributed by atoms with Gasteiger partial charge in [-0.3, -0.25) is 4.79 Å². The fourth-order valence-electron chi connectivity index (χ4n) is 1.69. The van der Waals surface area contributed by atoms with Crippen LogP contribution in [0.25, 0.3) is 0 Å². The first-order chi connectivity index (χ1) is 8.74. The lowest BCUT2D eigenvalue weighted by atomic mass is 10.1. The summed E-state index contributed by atoms with van der Waals surface area (Å²) in [4.78, 5) is 17.1. The minimum Gasteiger partial charge on any atom is -0.355 e.